The molecule has 0 aromatic heterocycles. The van der Waals surface area contributed by atoms with Gasteiger partial charge in [0.25, 0.3) is 0 Å². The summed E-state index contributed by atoms with van der Waals surface area (Å²) in [5.74, 6) is -2.73. The van der Waals surface area contributed by atoms with Gasteiger partial charge in [-0.1, -0.05) is 0 Å². The van der Waals surface area contributed by atoms with E-state index in [1.165, 1.54) is 4.90 Å². The number of alkyl halides is 3. The molecule has 1 heterocycles. The summed E-state index contributed by atoms with van der Waals surface area (Å²) in [6, 6.07) is -0.170. The normalized spacial score (nSPS) is 25.1. The molecule has 0 spiro atoms. The summed E-state index contributed by atoms with van der Waals surface area (Å²) in [5.41, 5.74) is 0. The van der Waals surface area contributed by atoms with Crippen molar-refractivity contribution < 1.29 is 18.0 Å². The SMILES string of the molecule is CC(C(=O)N1CCNC[C@@H]1C)C(F)(F)F. The van der Waals surface area contributed by atoms with Crippen LogP contribution in [0.1, 0.15) is 13.8 Å². The number of carbonyl (C=O) groups excluding carboxylic acids is 1. The van der Waals surface area contributed by atoms with Crippen LogP contribution in [0.2, 0.25) is 0 Å². The summed E-state index contributed by atoms with van der Waals surface area (Å²) in [6.45, 7) is 4.11. The van der Waals surface area contributed by atoms with Crippen LogP contribution in [0.4, 0.5) is 13.2 Å². The molecule has 1 aliphatic rings. The Morgan fingerprint density at radius 1 is 1.53 bits per heavy atom. The van der Waals surface area contributed by atoms with Crippen molar-refractivity contribution in [2.75, 3.05) is 19.6 Å². The van der Waals surface area contributed by atoms with E-state index in [0.717, 1.165) is 6.92 Å². The van der Waals surface area contributed by atoms with Gasteiger partial charge in [0.05, 0.1) is 0 Å². The monoisotopic (exact) mass is 224 g/mol. The van der Waals surface area contributed by atoms with Crippen LogP contribution in [0.25, 0.3) is 0 Å². The van der Waals surface area contributed by atoms with E-state index >= 15 is 0 Å². The Morgan fingerprint density at radius 3 is 2.60 bits per heavy atom. The van der Waals surface area contributed by atoms with Crippen molar-refractivity contribution in [1.82, 2.24) is 10.2 Å². The quantitative estimate of drug-likeness (QED) is 0.720. The molecule has 0 radical (unpaired) electrons. The summed E-state index contributed by atoms with van der Waals surface area (Å²) < 4.78 is 37.0. The lowest BCUT2D eigenvalue weighted by molar-refractivity contribution is -0.187. The Bertz CT molecular complexity index is 242. The largest absolute Gasteiger partial charge is 0.400 e. The molecule has 6 heteroatoms. The fraction of sp³-hybridized carbons (Fsp3) is 0.889. The first-order chi connectivity index (χ1) is 6.84. The van der Waals surface area contributed by atoms with E-state index in [-0.39, 0.29) is 6.04 Å². The number of hydrogen-bond donors (Lipinski definition) is 1. The second-order valence-corrected chi connectivity index (χ2v) is 3.85. The first-order valence-electron chi connectivity index (χ1n) is 4.92. The Morgan fingerprint density at radius 2 is 2.13 bits per heavy atom. The fourth-order valence-corrected chi connectivity index (χ4v) is 1.56. The maximum atomic E-state index is 12.3. The Labute approximate surface area is 86.6 Å². The first kappa shape index (κ1) is 12.3. The third-order valence-electron chi connectivity index (χ3n) is 2.65. The lowest BCUT2D eigenvalue weighted by atomic mass is 10.1. The molecular weight excluding hydrogens is 209 g/mol. The zero-order valence-electron chi connectivity index (χ0n) is 8.77. The van der Waals surface area contributed by atoms with Gasteiger partial charge in [0, 0.05) is 25.7 Å². The number of rotatable bonds is 1. The number of amides is 1. The second kappa shape index (κ2) is 4.38. The Balaban J connectivity index is 2.66. The van der Waals surface area contributed by atoms with Crippen LogP contribution in [-0.2, 0) is 4.79 Å². The summed E-state index contributed by atoms with van der Waals surface area (Å²) in [6.07, 6.45) is -4.44. The number of piperazine rings is 1. The minimum atomic E-state index is -4.44. The second-order valence-electron chi connectivity index (χ2n) is 3.85. The molecule has 88 valence electrons. The van der Waals surface area contributed by atoms with Crippen molar-refractivity contribution in [2.24, 2.45) is 5.92 Å². The molecule has 1 rings (SSSR count). The van der Waals surface area contributed by atoms with E-state index in [1.807, 2.05) is 0 Å². The van der Waals surface area contributed by atoms with Gasteiger partial charge in [-0.05, 0) is 13.8 Å². The summed E-state index contributed by atoms with van der Waals surface area (Å²) in [4.78, 5) is 12.8. The van der Waals surface area contributed by atoms with Gasteiger partial charge < -0.3 is 10.2 Å². The van der Waals surface area contributed by atoms with Gasteiger partial charge >= 0.3 is 6.18 Å². The maximum Gasteiger partial charge on any atom is 0.400 e. The fourth-order valence-electron chi connectivity index (χ4n) is 1.56. The third kappa shape index (κ3) is 2.84. The van der Waals surface area contributed by atoms with E-state index in [0.29, 0.717) is 19.6 Å². The molecule has 3 nitrogen and oxygen atoms in total. The number of nitrogens with zero attached hydrogens (tertiary/aromatic N) is 1. The van der Waals surface area contributed by atoms with Gasteiger partial charge in [0.15, 0.2) is 0 Å². The minimum Gasteiger partial charge on any atom is -0.337 e. The molecule has 0 aliphatic carbocycles. The highest BCUT2D eigenvalue weighted by Crippen LogP contribution is 2.28. The highest BCUT2D eigenvalue weighted by Gasteiger charge is 2.43. The highest BCUT2D eigenvalue weighted by atomic mass is 19.4. The van der Waals surface area contributed by atoms with Crippen LogP contribution in [0.5, 0.6) is 0 Å². The van der Waals surface area contributed by atoms with Gasteiger partial charge in [-0.15, -0.1) is 0 Å². The molecule has 1 fully saturated rings. The minimum absolute atomic E-state index is 0.170. The van der Waals surface area contributed by atoms with Crippen LogP contribution in [0.15, 0.2) is 0 Å². The van der Waals surface area contributed by atoms with E-state index < -0.39 is 18.0 Å². The smallest absolute Gasteiger partial charge is 0.337 e. The number of halogens is 3. The third-order valence-corrected chi connectivity index (χ3v) is 2.65. The van der Waals surface area contributed by atoms with Crippen LogP contribution in [0.3, 0.4) is 0 Å². The molecule has 0 aromatic rings. The van der Waals surface area contributed by atoms with Crippen molar-refractivity contribution >= 4 is 5.91 Å². The molecule has 0 aromatic carbocycles. The van der Waals surface area contributed by atoms with Gasteiger partial charge in [0.1, 0.15) is 5.92 Å². The number of hydrogen-bond acceptors (Lipinski definition) is 2. The lowest BCUT2D eigenvalue weighted by Crippen LogP contribution is -2.55. The molecule has 0 saturated carbocycles. The van der Waals surface area contributed by atoms with Gasteiger partial charge in [0.2, 0.25) is 5.91 Å². The Kier molecular flexibility index (Phi) is 3.59. The molecule has 1 N–H and O–H groups in total. The first-order valence-corrected chi connectivity index (χ1v) is 4.92. The van der Waals surface area contributed by atoms with Crippen molar-refractivity contribution in [2.45, 2.75) is 26.1 Å². The van der Waals surface area contributed by atoms with E-state index in [2.05, 4.69) is 5.32 Å². The van der Waals surface area contributed by atoms with E-state index in [4.69, 9.17) is 0 Å². The molecule has 2 atom stereocenters. The van der Waals surface area contributed by atoms with Gasteiger partial charge in [-0.3, -0.25) is 4.79 Å². The molecule has 1 saturated heterocycles. The van der Waals surface area contributed by atoms with E-state index in [1.54, 1.807) is 6.92 Å². The van der Waals surface area contributed by atoms with Crippen LogP contribution in [-0.4, -0.2) is 42.7 Å². The van der Waals surface area contributed by atoms with E-state index in [9.17, 15) is 18.0 Å². The van der Waals surface area contributed by atoms with Gasteiger partial charge in [-0.25, -0.2) is 0 Å². The standard InChI is InChI=1S/C9H15F3N2O/c1-6-5-13-3-4-14(6)8(15)7(2)9(10,11)12/h6-7,13H,3-5H2,1-2H3/t6-,7?/m0/s1. The zero-order chi connectivity index (χ0) is 11.6. The maximum absolute atomic E-state index is 12.3. The Hall–Kier alpha value is -0.780. The molecular formula is C9H15F3N2O. The van der Waals surface area contributed by atoms with Crippen LogP contribution < -0.4 is 5.32 Å². The van der Waals surface area contributed by atoms with Crippen molar-refractivity contribution in [3.8, 4) is 0 Å². The molecule has 1 amide bonds. The molecule has 1 unspecified atom stereocenters. The van der Waals surface area contributed by atoms with Crippen LogP contribution >= 0.6 is 0 Å². The van der Waals surface area contributed by atoms with Gasteiger partial charge in [-0.2, -0.15) is 13.2 Å². The van der Waals surface area contributed by atoms with Crippen molar-refractivity contribution in [3.05, 3.63) is 0 Å². The molecule has 1 aliphatic heterocycles. The average molecular weight is 224 g/mol. The summed E-state index contributed by atoms with van der Waals surface area (Å²) in [7, 11) is 0. The van der Waals surface area contributed by atoms with Crippen molar-refractivity contribution in [1.29, 1.82) is 0 Å². The molecule has 0 bridgehead atoms. The zero-order valence-corrected chi connectivity index (χ0v) is 8.77. The topological polar surface area (TPSA) is 32.3 Å². The summed E-state index contributed by atoms with van der Waals surface area (Å²) in [5, 5.41) is 3.02. The molecule has 15 heavy (non-hydrogen) atoms. The van der Waals surface area contributed by atoms with Crippen LogP contribution in [0, 0.1) is 5.92 Å². The summed E-state index contributed by atoms with van der Waals surface area (Å²) >= 11 is 0. The highest BCUT2D eigenvalue weighted by molar-refractivity contribution is 5.79. The predicted octanol–water partition coefficient (Wildman–Crippen LogP) is 1.01. The number of nitrogens with one attached hydrogen (secondary N) is 1. The lowest BCUT2D eigenvalue weighted by Gasteiger charge is -2.36. The average Bonchev–Trinajstić information content (AvgIpc) is 2.15. The predicted molar refractivity (Wildman–Crippen MR) is 49.3 cm³/mol. The van der Waals surface area contributed by atoms with Crippen molar-refractivity contribution in [3.63, 3.8) is 0 Å². The number of carbonyl (C=O) groups is 1.